The number of hydrogen-bond donors (Lipinski definition) is 3. The lowest BCUT2D eigenvalue weighted by Crippen LogP contribution is -2.21. The Morgan fingerprint density at radius 1 is 1.07 bits per heavy atom. The first kappa shape index (κ1) is 23.6. The highest BCUT2D eigenvalue weighted by Crippen LogP contribution is 2.15. The summed E-state index contributed by atoms with van der Waals surface area (Å²) in [6.45, 7) is 0.191. The molecular formula is C19H18F4N2O4. The van der Waals surface area contributed by atoms with Crippen LogP contribution in [0.4, 0.5) is 23.2 Å². The number of alkyl halides is 3. The molecule has 29 heavy (non-hydrogen) atoms. The second-order valence-electron chi connectivity index (χ2n) is 5.41. The van der Waals surface area contributed by atoms with Gasteiger partial charge in [0.15, 0.2) is 0 Å². The van der Waals surface area contributed by atoms with Crippen LogP contribution in [-0.4, -0.2) is 36.3 Å². The lowest BCUT2D eigenvalue weighted by Gasteiger charge is -2.08. The molecule has 0 aromatic heterocycles. The number of para-hydroxylation sites is 1. The second kappa shape index (κ2) is 11.4. The van der Waals surface area contributed by atoms with Crippen molar-refractivity contribution < 1.29 is 37.0 Å². The van der Waals surface area contributed by atoms with Gasteiger partial charge in [-0.15, -0.1) is 0 Å². The van der Waals surface area contributed by atoms with Crippen LogP contribution >= 0.6 is 0 Å². The molecule has 0 saturated heterocycles. The van der Waals surface area contributed by atoms with Crippen molar-refractivity contribution in [2.75, 3.05) is 18.5 Å². The van der Waals surface area contributed by atoms with Crippen molar-refractivity contribution in [2.24, 2.45) is 5.73 Å². The Balaban J connectivity index is 0.000000516. The Kier molecular flexibility index (Phi) is 9.33. The van der Waals surface area contributed by atoms with Crippen molar-refractivity contribution in [1.82, 2.24) is 0 Å². The minimum Gasteiger partial charge on any atom is -0.489 e. The zero-order chi connectivity index (χ0) is 21.9. The van der Waals surface area contributed by atoms with Crippen LogP contribution < -0.4 is 15.8 Å². The van der Waals surface area contributed by atoms with E-state index < -0.39 is 12.1 Å². The fraction of sp³-hybridized carbons (Fsp3) is 0.158. The third-order valence-electron chi connectivity index (χ3n) is 3.23. The number of carbonyl (C=O) groups excluding carboxylic acids is 1. The smallest absolute Gasteiger partial charge is 0.489 e. The third-order valence-corrected chi connectivity index (χ3v) is 3.23. The molecule has 2 aromatic carbocycles. The summed E-state index contributed by atoms with van der Waals surface area (Å²) >= 11 is 0. The number of halogens is 4. The number of carbonyl (C=O) groups is 2. The van der Waals surface area contributed by atoms with Crippen LogP contribution in [0.25, 0.3) is 0 Å². The first-order valence-electron chi connectivity index (χ1n) is 8.05. The minimum atomic E-state index is -5.08. The van der Waals surface area contributed by atoms with Gasteiger partial charge >= 0.3 is 12.1 Å². The number of aliphatic carboxylic acids is 1. The molecule has 0 unspecified atom stereocenters. The van der Waals surface area contributed by atoms with Gasteiger partial charge in [-0.1, -0.05) is 18.2 Å². The van der Waals surface area contributed by atoms with Crippen molar-refractivity contribution >= 4 is 17.6 Å². The zero-order valence-electron chi connectivity index (χ0n) is 14.9. The number of benzene rings is 2. The molecule has 10 heteroatoms. The van der Waals surface area contributed by atoms with E-state index in [2.05, 4.69) is 5.32 Å². The minimum absolute atomic E-state index is 0.0859. The molecule has 0 aliphatic carbocycles. The highest BCUT2D eigenvalue weighted by Gasteiger charge is 2.38. The molecule has 0 radical (unpaired) electrons. The molecule has 2 aromatic rings. The fourth-order valence-electron chi connectivity index (χ4n) is 1.74. The summed E-state index contributed by atoms with van der Waals surface area (Å²) < 4.78 is 49.5. The number of nitrogens with one attached hydrogen (secondary N) is 1. The predicted molar refractivity (Wildman–Crippen MR) is 98.3 cm³/mol. The molecule has 4 N–H and O–H groups in total. The Morgan fingerprint density at radius 3 is 2.07 bits per heavy atom. The van der Waals surface area contributed by atoms with Gasteiger partial charge in [0.25, 0.3) is 5.91 Å². The van der Waals surface area contributed by atoms with Crippen LogP contribution in [0.15, 0.2) is 66.5 Å². The van der Waals surface area contributed by atoms with Gasteiger partial charge in [0.1, 0.15) is 12.4 Å². The van der Waals surface area contributed by atoms with E-state index in [0.29, 0.717) is 23.2 Å². The average Bonchev–Trinajstić information content (AvgIpc) is 2.69. The van der Waals surface area contributed by atoms with E-state index in [1.807, 2.05) is 30.3 Å². The number of ether oxygens (including phenoxy) is 1. The lowest BCUT2D eigenvalue weighted by molar-refractivity contribution is -0.192. The van der Waals surface area contributed by atoms with Crippen LogP contribution in [0.2, 0.25) is 0 Å². The van der Waals surface area contributed by atoms with Gasteiger partial charge in [0.05, 0.1) is 6.33 Å². The Bertz CT molecular complexity index is 822. The van der Waals surface area contributed by atoms with Crippen molar-refractivity contribution in [3.63, 3.8) is 0 Å². The number of anilines is 1. The van der Waals surface area contributed by atoms with Crippen molar-refractivity contribution in [3.05, 3.63) is 72.1 Å². The molecule has 0 aliphatic heterocycles. The number of nitrogens with two attached hydrogens (primary N) is 1. The highest BCUT2D eigenvalue weighted by molar-refractivity contribution is 6.04. The Hall–Kier alpha value is -3.40. The van der Waals surface area contributed by atoms with Crippen molar-refractivity contribution in [1.29, 1.82) is 0 Å². The van der Waals surface area contributed by atoms with E-state index >= 15 is 0 Å². The monoisotopic (exact) mass is 414 g/mol. The summed E-state index contributed by atoms with van der Waals surface area (Å²) in [7, 11) is 0. The number of rotatable bonds is 6. The number of amides is 1. The van der Waals surface area contributed by atoms with E-state index in [1.165, 1.54) is 0 Å². The molecule has 1 amide bonds. The van der Waals surface area contributed by atoms with Crippen molar-refractivity contribution in [3.8, 4) is 5.75 Å². The number of carboxylic acid groups (broad SMARTS) is 1. The Labute approximate surface area is 163 Å². The fourth-order valence-corrected chi connectivity index (χ4v) is 1.74. The van der Waals surface area contributed by atoms with Gasteiger partial charge in [-0.05, 0) is 36.4 Å². The normalized spacial score (nSPS) is 11.1. The maximum Gasteiger partial charge on any atom is 0.490 e. The summed E-state index contributed by atoms with van der Waals surface area (Å²) in [4.78, 5) is 21.0. The van der Waals surface area contributed by atoms with Crippen molar-refractivity contribution in [2.45, 2.75) is 6.18 Å². The van der Waals surface area contributed by atoms with E-state index in [-0.39, 0.29) is 19.1 Å². The average molecular weight is 414 g/mol. The molecule has 0 bridgehead atoms. The zero-order valence-corrected chi connectivity index (χ0v) is 14.9. The maximum atomic E-state index is 12.4. The van der Waals surface area contributed by atoms with E-state index in [0.717, 1.165) is 5.69 Å². The van der Waals surface area contributed by atoms with Gasteiger partial charge in [-0.2, -0.15) is 13.2 Å². The summed E-state index contributed by atoms with van der Waals surface area (Å²) in [6.07, 6.45) is -4.64. The van der Waals surface area contributed by atoms with Crippen LogP contribution in [0, 0.1) is 0 Å². The summed E-state index contributed by atoms with van der Waals surface area (Å²) in [5.41, 5.74) is 6.95. The molecule has 156 valence electrons. The molecule has 0 saturated carbocycles. The number of carboxylic acids is 1. The van der Waals surface area contributed by atoms with Gasteiger partial charge in [-0.25, -0.2) is 9.18 Å². The quantitative estimate of drug-likeness (QED) is 0.625. The summed E-state index contributed by atoms with van der Waals surface area (Å²) in [6, 6.07) is 15.8. The van der Waals surface area contributed by atoms with Crippen LogP contribution in [-0.2, 0) is 4.79 Å². The molecule has 6 nitrogen and oxygen atoms in total. The van der Waals surface area contributed by atoms with E-state index in [9.17, 15) is 22.4 Å². The number of hydrogen-bond acceptors (Lipinski definition) is 4. The standard InChI is InChI=1S/C17H17FN2O2.C2HF3O2/c18-10-13(11-19)12-22-16-8-6-14(7-9-16)17(21)20-15-4-2-1-3-5-15;3-2(4,5)1(6)7/h1-10H,11-12,19H2,(H,20,21);(H,6,7). The third kappa shape index (κ3) is 8.89. The first-order chi connectivity index (χ1) is 13.7. The summed E-state index contributed by atoms with van der Waals surface area (Å²) in [5.74, 6) is -2.42. The topological polar surface area (TPSA) is 102 Å². The molecular weight excluding hydrogens is 396 g/mol. The molecule has 0 atom stereocenters. The second-order valence-corrected chi connectivity index (χ2v) is 5.41. The lowest BCUT2D eigenvalue weighted by atomic mass is 10.2. The first-order valence-corrected chi connectivity index (χ1v) is 8.05. The Morgan fingerprint density at radius 2 is 1.62 bits per heavy atom. The highest BCUT2D eigenvalue weighted by atomic mass is 19.4. The SMILES string of the molecule is NCC(=CF)COc1ccc(C(=O)Nc2ccccc2)cc1.O=C(O)C(F)(F)F. The summed E-state index contributed by atoms with van der Waals surface area (Å²) in [5, 5.41) is 9.92. The van der Waals surface area contributed by atoms with Crippen LogP contribution in [0.5, 0.6) is 5.75 Å². The van der Waals surface area contributed by atoms with E-state index in [1.54, 1.807) is 24.3 Å². The molecule has 0 heterocycles. The van der Waals surface area contributed by atoms with Gasteiger partial charge in [0, 0.05) is 23.4 Å². The van der Waals surface area contributed by atoms with Crippen LogP contribution in [0.1, 0.15) is 10.4 Å². The van der Waals surface area contributed by atoms with Crippen LogP contribution in [0.3, 0.4) is 0 Å². The molecule has 0 spiro atoms. The molecule has 0 aliphatic rings. The molecule has 2 rings (SSSR count). The predicted octanol–water partition coefficient (Wildman–Crippen LogP) is 3.76. The van der Waals surface area contributed by atoms with Gasteiger partial charge < -0.3 is 20.9 Å². The molecule has 0 fully saturated rings. The van der Waals surface area contributed by atoms with E-state index in [4.69, 9.17) is 20.4 Å². The van der Waals surface area contributed by atoms with Gasteiger partial charge in [0.2, 0.25) is 0 Å². The van der Waals surface area contributed by atoms with Gasteiger partial charge in [-0.3, -0.25) is 4.79 Å². The largest absolute Gasteiger partial charge is 0.490 e. The maximum absolute atomic E-state index is 12.4.